The SMILES string of the molecule is CCN1[C](=[W])C(C)(C)c2cc3c(cc21)C(C)(C)[C](=[W])N3CC. The number of hydrogen-bond donors (Lipinski definition) is 0. The summed E-state index contributed by atoms with van der Waals surface area (Å²) in [7, 11) is 0. The maximum absolute atomic E-state index is 2.54. The van der Waals surface area contributed by atoms with Gasteiger partial charge in [-0.05, 0) is 0 Å². The van der Waals surface area contributed by atoms with Gasteiger partial charge in [-0.2, -0.15) is 0 Å². The van der Waals surface area contributed by atoms with Gasteiger partial charge < -0.3 is 0 Å². The molecule has 2 nitrogen and oxygen atoms in total. The van der Waals surface area contributed by atoms with E-state index in [0.717, 1.165) is 13.1 Å². The second kappa shape index (κ2) is 5.22. The van der Waals surface area contributed by atoms with E-state index in [1.807, 2.05) is 0 Å². The molecule has 4 heteroatoms. The summed E-state index contributed by atoms with van der Waals surface area (Å²) in [5.41, 5.74) is 6.26. The maximum atomic E-state index is 2.54. The second-order valence-corrected chi connectivity index (χ2v) is 10.0. The summed E-state index contributed by atoms with van der Waals surface area (Å²) in [4.78, 5) is 5.08. The van der Waals surface area contributed by atoms with Crippen LogP contribution in [0.5, 0.6) is 0 Å². The first kappa shape index (κ1) is 16.8. The molecule has 0 unspecified atom stereocenters. The summed E-state index contributed by atoms with van der Waals surface area (Å²) in [5.74, 6) is 0. The monoisotopic (exact) mass is 636 g/mol. The van der Waals surface area contributed by atoms with E-state index < -0.39 is 0 Å². The molecule has 1 aromatic carbocycles. The summed E-state index contributed by atoms with van der Waals surface area (Å²) in [6.45, 7) is 16.2. The van der Waals surface area contributed by atoms with Crippen molar-refractivity contribution in [3.8, 4) is 0 Å². The van der Waals surface area contributed by atoms with Crippen LogP contribution in [-0.2, 0) is 49.5 Å². The minimum atomic E-state index is 0.169. The van der Waals surface area contributed by atoms with Crippen LogP contribution in [0.15, 0.2) is 12.1 Å². The van der Waals surface area contributed by atoms with Crippen LogP contribution in [-0.4, -0.2) is 21.1 Å². The average molecular weight is 636 g/mol. The molecule has 22 heavy (non-hydrogen) atoms. The van der Waals surface area contributed by atoms with Gasteiger partial charge in [0.05, 0.1) is 0 Å². The fraction of sp³-hybridized carbons (Fsp3) is 0.556. The zero-order valence-electron chi connectivity index (χ0n) is 14.3. The van der Waals surface area contributed by atoms with Crippen LogP contribution >= 0.6 is 0 Å². The van der Waals surface area contributed by atoms with Gasteiger partial charge in [0.1, 0.15) is 0 Å². The fourth-order valence-electron chi connectivity index (χ4n) is 3.78. The Kier molecular flexibility index (Phi) is 3.98. The van der Waals surface area contributed by atoms with Crippen LogP contribution in [0.2, 0.25) is 0 Å². The van der Waals surface area contributed by atoms with E-state index in [1.165, 1.54) is 22.5 Å². The van der Waals surface area contributed by atoms with Gasteiger partial charge in [0.2, 0.25) is 0 Å². The molecule has 2 aliphatic heterocycles. The normalized spacial score (nSPS) is 21.4. The van der Waals surface area contributed by atoms with Crippen LogP contribution < -0.4 is 9.80 Å². The topological polar surface area (TPSA) is 6.48 Å². The number of fused-ring (bicyclic) bond motifs is 2. The number of nitrogens with zero attached hydrogens (tertiary/aromatic N) is 2. The van der Waals surface area contributed by atoms with E-state index in [1.54, 1.807) is 46.8 Å². The molecule has 0 bridgehead atoms. The van der Waals surface area contributed by atoms with Crippen LogP contribution in [0, 0.1) is 0 Å². The minimum absolute atomic E-state index is 0.169. The molecule has 0 fully saturated rings. The van der Waals surface area contributed by atoms with Crippen LogP contribution in [0.3, 0.4) is 0 Å². The molecule has 1 aromatic rings. The standard InChI is InChI=1S/C18H24N2.2W/c1-7-19-11-17(3,4)13-10-16-14(9-15(13)19)18(5,6)12-20(16)8-2;;/h9-10H,7-8H2,1-6H3;;. The fourth-order valence-corrected chi connectivity index (χ4v) is 6.20. The van der Waals surface area contributed by atoms with Crippen molar-refractivity contribution in [3.63, 3.8) is 0 Å². The van der Waals surface area contributed by atoms with Crippen LogP contribution in [0.1, 0.15) is 52.7 Å². The first-order chi connectivity index (χ1) is 10.2. The summed E-state index contributed by atoms with van der Waals surface area (Å²) < 4.78 is 3.11. The van der Waals surface area contributed by atoms with Gasteiger partial charge in [-0.15, -0.1) is 0 Å². The Hall–Kier alpha value is -0.0634. The number of rotatable bonds is 2. The molecule has 0 aliphatic carbocycles. The molecule has 0 spiro atoms. The Morgan fingerprint density at radius 3 is 1.36 bits per heavy atom. The predicted octanol–water partition coefficient (Wildman–Crippen LogP) is 3.28. The molecule has 0 saturated carbocycles. The number of benzene rings is 1. The van der Waals surface area contributed by atoms with Crippen molar-refractivity contribution in [1.82, 2.24) is 0 Å². The predicted molar refractivity (Wildman–Crippen MR) is 88.5 cm³/mol. The number of hydrogen-bond acceptors (Lipinski definition) is 2. The Bertz CT molecular complexity index is 629. The van der Waals surface area contributed by atoms with E-state index in [4.69, 9.17) is 0 Å². The Labute approximate surface area is 156 Å². The van der Waals surface area contributed by atoms with Crippen molar-refractivity contribution < 1.29 is 38.7 Å². The Morgan fingerprint density at radius 1 is 0.773 bits per heavy atom. The van der Waals surface area contributed by atoms with Crippen LogP contribution in [0.25, 0.3) is 0 Å². The second-order valence-electron chi connectivity index (χ2n) is 7.24. The van der Waals surface area contributed by atoms with Crippen molar-refractivity contribution >= 4 is 19.4 Å². The number of likely N-dealkylation sites (N-methyl/N-ethyl adjacent to an activating group) is 2. The van der Waals surface area contributed by atoms with E-state index in [-0.39, 0.29) is 10.8 Å². The van der Waals surface area contributed by atoms with Gasteiger partial charge >= 0.3 is 157 Å². The molecular formula is C18H24N2W2. The van der Waals surface area contributed by atoms with Gasteiger partial charge in [-0.3, -0.25) is 0 Å². The number of anilines is 2. The molecule has 0 atom stereocenters. The van der Waals surface area contributed by atoms with Crippen molar-refractivity contribution in [3.05, 3.63) is 23.3 Å². The average Bonchev–Trinajstić information content (AvgIpc) is 2.77. The molecule has 3 rings (SSSR count). The zero-order chi connectivity index (χ0) is 16.4. The molecule has 0 amide bonds. The van der Waals surface area contributed by atoms with Crippen molar-refractivity contribution in [1.29, 1.82) is 0 Å². The Balaban J connectivity index is 2.29. The molecule has 0 saturated heterocycles. The molecule has 0 radical (unpaired) electrons. The first-order valence-corrected chi connectivity index (χ1v) is 10.9. The summed E-state index contributed by atoms with van der Waals surface area (Å²) in [6.07, 6.45) is 0. The first-order valence-electron chi connectivity index (χ1n) is 8.00. The van der Waals surface area contributed by atoms with Gasteiger partial charge in [-0.25, -0.2) is 0 Å². The van der Waals surface area contributed by atoms with E-state index in [9.17, 15) is 0 Å². The molecule has 2 heterocycles. The van der Waals surface area contributed by atoms with Gasteiger partial charge in [0.15, 0.2) is 0 Å². The quantitative estimate of drug-likeness (QED) is 0.493. The molecule has 2 aliphatic rings. The summed E-state index contributed by atoms with van der Waals surface area (Å²) >= 11 is 3.19. The van der Waals surface area contributed by atoms with Crippen molar-refractivity contribution in [2.24, 2.45) is 0 Å². The van der Waals surface area contributed by atoms with Crippen molar-refractivity contribution in [2.75, 3.05) is 22.9 Å². The molecule has 118 valence electrons. The van der Waals surface area contributed by atoms with E-state index >= 15 is 0 Å². The van der Waals surface area contributed by atoms with Gasteiger partial charge in [0, 0.05) is 0 Å². The Morgan fingerprint density at radius 2 is 1.09 bits per heavy atom. The van der Waals surface area contributed by atoms with E-state index in [2.05, 4.69) is 63.5 Å². The third-order valence-corrected chi connectivity index (χ3v) is 10.5. The molecular weight excluding hydrogens is 612 g/mol. The molecule has 0 aromatic heterocycles. The zero-order valence-corrected chi connectivity index (χ0v) is 20.1. The van der Waals surface area contributed by atoms with Gasteiger partial charge in [0.25, 0.3) is 0 Å². The van der Waals surface area contributed by atoms with E-state index in [0.29, 0.717) is 0 Å². The summed E-state index contributed by atoms with van der Waals surface area (Å²) in [5, 5.41) is 0. The van der Waals surface area contributed by atoms with Crippen molar-refractivity contribution in [2.45, 2.75) is 52.4 Å². The van der Waals surface area contributed by atoms with Gasteiger partial charge in [-0.1, -0.05) is 0 Å². The summed E-state index contributed by atoms with van der Waals surface area (Å²) in [6, 6.07) is 4.98. The molecule has 0 N–H and O–H groups in total. The third-order valence-electron chi connectivity index (χ3n) is 5.23. The third kappa shape index (κ3) is 1.99. The van der Waals surface area contributed by atoms with Crippen LogP contribution in [0.4, 0.5) is 11.4 Å².